The maximum atomic E-state index is 12.7. The molecular weight excluding hydrogens is 231 g/mol. The van der Waals surface area contributed by atoms with E-state index in [9.17, 15) is 9.18 Å². The number of hydrogen-bond acceptors (Lipinski definition) is 2. The SMILES string of the molecule is N#Cc1ccc(NC(=O)c2ccc(F)cc2)cc1. The third-order valence-electron chi connectivity index (χ3n) is 2.38. The lowest BCUT2D eigenvalue weighted by Crippen LogP contribution is -2.11. The first-order valence-electron chi connectivity index (χ1n) is 5.26. The summed E-state index contributed by atoms with van der Waals surface area (Å²) < 4.78 is 12.7. The zero-order valence-electron chi connectivity index (χ0n) is 9.35. The number of nitriles is 1. The summed E-state index contributed by atoms with van der Waals surface area (Å²) in [6, 6.07) is 13.8. The molecule has 0 heterocycles. The van der Waals surface area contributed by atoms with Gasteiger partial charge in [-0.25, -0.2) is 4.39 Å². The number of anilines is 1. The Morgan fingerprint density at radius 3 is 2.22 bits per heavy atom. The van der Waals surface area contributed by atoms with Gasteiger partial charge in [-0.1, -0.05) is 0 Å². The number of hydrogen-bond donors (Lipinski definition) is 1. The van der Waals surface area contributed by atoms with Crippen molar-refractivity contribution >= 4 is 11.6 Å². The van der Waals surface area contributed by atoms with Crippen LogP contribution in [-0.4, -0.2) is 5.91 Å². The number of benzene rings is 2. The summed E-state index contributed by atoms with van der Waals surface area (Å²) in [6.07, 6.45) is 0. The van der Waals surface area contributed by atoms with Crippen LogP contribution in [0.2, 0.25) is 0 Å². The Hall–Kier alpha value is -2.67. The highest BCUT2D eigenvalue weighted by molar-refractivity contribution is 6.04. The number of amides is 1. The van der Waals surface area contributed by atoms with E-state index in [-0.39, 0.29) is 11.7 Å². The maximum Gasteiger partial charge on any atom is 0.255 e. The average molecular weight is 240 g/mol. The molecule has 0 spiro atoms. The minimum Gasteiger partial charge on any atom is -0.322 e. The van der Waals surface area contributed by atoms with E-state index < -0.39 is 0 Å². The fourth-order valence-electron chi connectivity index (χ4n) is 1.43. The first-order valence-corrected chi connectivity index (χ1v) is 5.26. The molecule has 0 bridgehead atoms. The van der Waals surface area contributed by atoms with Crippen LogP contribution >= 0.6 is 0 Å². The van der Waals surface area contributed by atoms with Gasteiger partial charge in [-0.2, -0.15) is 5.26 Å². The van der Waals surface area contributed by atoms with Gasteiger partial charge >= 0.3 is 0 Å². The standard InChI is InChI=1S/C14H9FN2O/c15-12-5-3-11(4-6-12)14(18)17-13-7-1-10(9-16)2-8-13/h1-8H,(H,17,18). The van der Waals surface area contributed by atoms with E-state index in [0.29, 0.717) is 16.8 Å². The number of nitrogens with zero attached hydrogens (tertiary/aromatic N) is 1. The maximum absolute atomic E-state index is 12.7. The van der Waals surface area contributed by atoms with Crippen molar-refractivity contribution in [1.82, 2.24) is 0 Å². The van der Waals surface area contributed by atoms with E-state index in [1.807, 2.05) is 6.07 Å². The van der Waals surface area contributed by atoms with E-state index in [2.05, 4.69) is 5.32 Å². The van der Waals surface area contributed by atoms with Crippen LogP contribution in [0, 0.1) is 17.1 Å². The van der Waals surface area contributed by atoms with Crippen LogP contribution in [0.4, 0.5) is 10.1 Å². The van der Waals surface area contributed by atoms with Crippen molar-refractivity contribution in [2.75, 3.05) is 5.32 Å². The Morgan fingerprint density at radius 1 is 1.06 bits per heavy atom. The summed E-state index contributed by atoms with van der Waals surface area (Å²) in [4.78, 5) is 11.8. The van der Waals surface area contributed by atoms with Crippen LogP contribution in [0.25, 0.3) is 0 Å². The second-order valence-corrected chi connectivity index (χ2v) is 3.65. The molecule has 2 aromatic carbocycles. The Bertz CT molecular complexity index is 597. The van der Waals surface area contributed by atoms with Crippen molar-refractivity contribution in [1.29, 1.82) is 5.26 Å². The second kappa shape index (κ2) is 5.11. The molecule has 0 saturated heterocycles. The Labute approximate surface area is 103 Å². The van der Waals surface area contributed by atoms with E-state index in [1.165, 1.54) is 24.3 Å². The van der Waals surface area contributed by atoms with Crippen molar-refractivity contribution in [2.24, 2.45) is 0 Å². The normalized spacial score (nSPS) is 9.56. The smallest absolute Gasteiger partial charge is 0.255 e. The molecule has 88 valence electrons. The molecule has 0 aliphatic rings. The molecule has 1 amide bonds. The summed E-state index contributed by atoms with van der Waals surface area (Å²) in [6.45, 7) is 0. The monoisotopic (exact) mass is 240 g/mol. The van der Waals surface area contributed by atoms with Crippen molar-refractivity contribution in [2.45, 2.75) is 0 Å². The number of carbonyl (C=O) groups is 1. The topological polar surface area (TPSA) is 52.9 Å². The molecule has 0 saturated carbocycles. The van der Waals surface area contributed by atoms with Crippen LogP contribution in [0.1, 0.15) is 15.9 Å². The second-order valence-electron chi connectivity index (χ2n) is 3.65. The first-order chi connectivity index (χ1) is 8.69. The molecule has 0 atom stereocenters. The highest BCUT2D eigenvalue weighted by Crippen LogP contribution is 2.11. The highest BCUT2D eigenvalue weighted by Gasteiger charge is 2.05. The molecule has 0 aromatic heterocycles. The van der Waals surface area contributed by atoms with Crippen molar-refractivity contribution in [3.63, 3.8) is 0 Å². The lowest BCUT2D eigenvalue weighted by Gasteiger charge is -2.04. The summed E-state index contributed by atoms with van der Waals surface area (Å²) in [5, 5.41) is 11.3. The van der Waals surface area contributed by atoms with Gasteiger partial charge in [-0.15, -0.1) is 0 Å². The Kier molecular flexibility index (Phi) is 3.35. The van der Waals surface area contributed by atoms with E-state index >= 15 is 0 Å². The van der Waals surface area contributed by atoms with Gasteiger partial charge in [-0.3, -0.25) is 4.79 Å². The van der Waals surface area contributed by atoms with Gasteiger partial charge in [0.2, 0.25) is 0 Å². The lowest BCUT2D eigenvalue weighted by atomic mass is 10.2. The predicted octanol–water partition coefficient (Wildman–Crippen LogP) is 2.95. The average Bonchev–Trinajstić information content (AvgIpc) is 2.40. The minimum absolute atomic E-state index is 0.320. The van der Waals surface area contributed by atoms with E-state index in [4.69, 9.17) is 5.26 Å². The van der Waals surface area contributed by atoms with Crippen LogP contribution in [0.5, 0.6) is 0 Å². The van der Waals surface area contributed by atoms with Gasteiger partial charge in [0, 0.05) is 11.3 Å². The molecule has 2 aromatic rings. The van der Waals surface area contributed by atoms with E-state index in [1.54, 1.807) is 24.3 Å². The largest absolute Gasteiger partial charge is 0.322 e. The zero-order chi connectivity index (χ0) is 13.0. The third-order valence-corrected chi connectivity index (χ3v) is 2.38. The zero-order valence-corrected chi connectivity index (χ0v) is 9.35. The van der Waals surface area contributed by atoms with Crippen LogP contribution in [0.3, 0.4) is 0 Å². The van der Waals surface area contributed by atoms with Gasteiger partial charge in [0.25, 0.3) is 5.91 Å². The van der Waals surface area contributed by atoms with Gasteiger partial charge in [0.05, 0.1) is 11.6 Å². The van der Waals surface area contributed by atoms with Crippen molar-refractivity contribution < 1.29 is 9.18 Å². The minimum atomic E-state index is -0.384. The molecule has 3 nitrogen and oxygen atoms in total. The summed E-state index contributed by atoms with van der Waals surface area (Å²) >= 11 is 0. The molecule has 1 N–H and O–H groups in total. The van der Waals surface area contributed by atoms with Gasteiger partial charge in [-0.05, 0) is 48.5 Å². The van der Waals surface area contributed by atoms with Crippen molar-refractivity contribution in [3.05, 3.63) is 65.5 Å². The van der Waals surface area contributed by atoms with Crippen LogP contribution < -0.4 is 5.32 Å². The third kappa shape index (κ3) is 2.71. The molecule has 2 rings (SSSR count). The molecule has 0 unspecified atom stereocenters. The van der Waals surface area contributed by atoms with Crippen LogP contribution in [-0.2, 0) is 0 Å². The molecule has 0 aliphatic carbocycles. The van der Waals surface area contributed by atoms with Gasteiger partial charge < -0.3 is 5.32 Å². The number of halogens is 1. The Balaban J connectivity index is 2.11. The fourth-order valence-corrected chi connectivity index (χ4v) is 1.43. The van der Waals surface area contributed by atoms with E-state index in [0.717, 1.165) is 0 Å². The Morgan fingerprint density at radius 2 is 1.67 bits per heavy atom. The first kappa shape index (κ1) is 11.8. The quantitative estimate of drug-likeness (QED) is 0.877. The molecule has 0 radical (unpaired) electrons. The molecule has 0 fully saturated rings. The molecule has 0 aliphatic heterocycles. The van der Waals surface area contributed by atoms with Gasteiger partial charge in [0.1, 0.15) is 5.82 Å². The summed E-state index contributed by atoms with van der Waals surface area (Å²) in [5.41, 5.74) is 1.49. The molecule has 4 heteroatoms. The number of nitrogens with one attached hydrogen (secondary N) is 1. The summed E-state index contributed by atoms with van der Waals surface area (Å²) in [5.74, 6) is -0.704. The number of rotatable bonds is 2. The highest BCUT2D eigenvalue weighted by atomic mass is 19.1. The van der Waals surface area contributed by atoms with Crippen LogP contribution in [0.15, 0.2) is 48.5 Å². The molecular formula is C14H9FN2O. The van der Waals surface area contributed by atoms with Gasteiger partial charge in [0.15, 0.2) is 0 Å². The van der Waals surface area contributed by atoms with Crippen molar-refractivity contribution in [3.8, 4) is 6.07 Å². The summed E-state index contributed by atoms with van der Waals surface area (Å²) in [7, 11) is 0. The fraction of sp³-hybridized carbons (Fsp3) is 0. The number of carbonyl (C=O) groups excluding carboxylic acids is 1. The lowest BCUT2D eigenvalue weighted by molar-refractivity contribution is 0.102. The predicted molar refractivity (Wildman–Crippen MR) is 65.5 cm³/mol. The molecule has 18 heavy (non-hydrogen) atoms.